The fourth-order valence-corrected chi connectivity index (χ4v) is 1.47. The molecule has 0 aliphatic heterocycles. The van der Waals surface area contributed by atoms with Gasteiger partial charge in [0.25, 0.3) is 0 Å². The molecule has 0 saturated carbocycles. The van der Waals surface area contributed by atoms with Crippen LogP contribution in [-0.2, 0) is 6.61 Å². The van der Waals surface area contributed by atoms with Crippen LogP contribution >= 0.6 is 0 Å². The molecule has 1 heterocycles. The lowest BCUT2D eigenvalue weighted by Crippen LogP contribution is -1.97. The Morgan fingerprint density at radius 1 is 1.29 bits per heavy atom. The number of nitrogens with zero attached hydrogens (tertiary/aromatic N) is 2. The number of benzene rings is 1. The van der Waals surface area contributed by atoms with Crippen molar-refractivity contribution in [1.29, 1.82) is 0 Å². The van der Waals surface area contributed by atoms with Crippen molar-refractivity contribution in [2.45, 2.75) is 20.5 Å². The van der Waals surface area contributed by atoms with E-state index < -0.39 is 0 Å². The Kier molecular flexibility index (Phi) is 3.35. The summed E-state index contributed by atoms with van der Waals surface area (Å²) < 4.78 is 5.70. The zero-order valence-corrected chi connectivity index (χ0v) is 9.84. The fourth-order valence-electron chi connectivity index (χ4n) is 1.47. The van der Waals surface area contributed by atoms with E-state index in [1.807, 2.05) is 32.0 Å². The third-order valence-electron chi connectivity index (χ3n) is 2.47. The van der Waals surface area contributed by atoms with E-state index in [1.54, 1.807) is 6.20 Å². The molecule has 0 spiro atoms. The van der Waals surface area contributed by atoms with E-state index in [1.165, 1.54) is 6.33 Å². The van der Waals surface area contributed by atoms with Crippen molar-refractivity contribution in [1.82, 2.24) is 9.97 Å². The molecule has 1 N–H and O–H groups in total. The highest BCUT2D eigenvalue weighted by atomic mass is 16.5. The number of rotatable bonds is 3. The van der Waals surface area contributed by atoms with Crippen LogP contribution < -0.4 is 4.74 Å². The van der Waals surface area contributed by atoms with E-state index in [0.29, 0.717) is 11.4 Å². The molecule has 4 nitrogen and oxygen atoms in total. The Morgan fingerprint density at radius 3 is 2.88 bits per heavy atom. The molecule has 0 unspecified atom stereocenters. The molecule has 0 saturated heterocycles. The second-order valence-corrected chi connectivity index (χ2v) is 3.88. The van der Waals surface area contributed by atoms with Crippen molar-refractivity contribution in [3.63, 3.8) is 0 Å². The van der Waals surface area contributed by atoms with Gasteiger partial charge in [0.05, 0.1) is 12.2 Å². The molecule has 0 fully saturated rings. The summed E-state index contributed by atoms with van der Waals surface area (Å²) >= 11 is 0. The van der Waals surface area contributed by atoms with E-state index in [-0.39, 0.29) is 6.61 Å². The SMILES string of the molecule is Cc1ccc(C)c(Oc2ncncc2CO)c1. The Morgan fingerprint density at radius 2 is 2.12 bits per heavy atom. The van der Waals surface area contributed by atoms with Crippen molar-refractivity contribution < 1.29 is 9.84 Å². The molecule has 0 aliphatic carbocycles. The summed E-state index contributed by atoms with van der Waals surface area (Å²) in [6.45, 7) is 3.83. The first-order chi connectivity index (χ1) is 8.20. The summed E-state index contributed by atoms with van der Waals surface area (Å²) in [7, 11) is 0. The van der Waals surface area contributed by atoms with E-state index in [0.717, 1.165) is 16.9 Å². The maximum Gasteiger partial charge on any atom is 0.227 e. The van der Waals surface area contributed by atoms with E-state index in [4.69, 9.17) is 9.84 Å². The van der Waals surface area contributed by atoms with Crippen LogP contribution in [0, 0.1) is 13.8 Å². The van der Waals surface area contributed by atoms with Crippen LogP contribution in [0.4, 0.5) is 0 Å². The lowest BCUT2D eigenvalue weighted by Gasteiger charge is -2.10. The average molecular weight is 230 g/mol. The second-order valence-electron chi connectivity index (χ2n) is 3.88. The Labute approximate surface area is 99.9 Å². The highest BCUT2D eigenvalue weighted by molar-refractivity contribution is 5.39. The van der Waals surface area contributed by atoms with Crippen molar-refractivity contribution in [3.8, 4) is 11.6 Å². The monoisotopic (exact) mass is 230 g/mol. The number of ether oxygens (including phenoxy) is 1. The van der Waals surface area contributed by atoms with E-state index in [2.05, 4.69) is 9.97 Å². The van der Waals surface area contributed by atoms with Crippen LogP contribution in [0.15, 0.2) is 30.7 Å². The normalized spacial score (nSPS) is 10.3. The number of aliphatic hydroxyl groups excluding tert-OH is 1. The molecule has 88 valence electrons. The second kappa shape index (κ2) is 4.93. The first-order valence-electron chi connectivity index (χ1n) is 5.35. The molecule has 4 heteroatoms. The van der Waals surface area contributed by atoms with Gasteiger partial charge in [-0.15, -0.1) is 0 Å². The van der Waals surface area contributed by atoms with Gasteiger partial charge < -0.3 is 9.84 Å². The summed E-state index contributed by atoms with van der Waals surface area (Å²) in [6, 6.07) is 5.96. The number of aryl methyl sites for hydroxylation is 2. The van der Waals surface area contributed by atoms with Gasteiger partial charge in [0.1, 0.15) is 12.1 Å². The molecule has 0 bridgehead atoms. The van der Waals surface area contributed by atoms with E-state index >= 15 is 0 Å². The molecule has 0 aliphatic rings. The third kappa shape index (κ3) is 2.60. The van der Waals surface area contributed by atoms with Crippen LogP contribution in [0.3, 0.4) is 0 Å². The van der Waals surface area contributed by atoms with Crippen molar-refractivity contribution in [2.75, 3.05) is 0 Å². The van der Waals surface area contributed by atoms with Gasteiger partial charge in [-0.05, 0) is 31.0 Å². The highest BCUT2D eigenvalue weighted by Gasteiger charge is 2.07. The molecule has 1 aromatic carbocycles. The number of hydrogen-bond acceptors (Lipinski definition) is 4. The summed E-state index contributed by atoms with van der Waals surface area (Å²) in [5.41, 5.74) is 2.72. The van der Waals surface area contributed by atoms with Gasteiger partial charge in [-0.25, -0.2) is 9.97 Å². The maximum atomic E-state index is 9.16. The van der Waals surface area contributed by atoms with Crippen LogP contribution in [0.2, 0.25) is 0 Å². The lowest BCUT2D eigenvalue weighted by molar-refractivity contribution is 0.274. The standard InChI is InChI=1S/C13H14N2O2/c1-9-3-4-10(2)12(5-9)17-13-11(7-16)6-14-8-15-13/h3-6,8,16H,7H2,1-2H3. The first kappa shape index (κ1) is 11.5. The number of hydrogen-bond donors (Lipinski definition) is 1. The van der Waals surface area contributed by atoms with Crippen LogP contribution in [0.1, 0.15) is 16.7 Å². The minimum Gasteiger partial charge on any atom is -0.438 e. The largest absolute Gasteiger partial charge is 0.438 e. The predicted octanol–water partition coefficient (Wildman–Crippen LogP) is 2.38. The number of aromatic nitrogens is 2. The molecule has 0 atom stereocenters. The Bertz CT molecular complexity index is 527. The molecular formula is C13H14N2O2. The Balaban J connectivity index is 2.34. The summed E-state index contributed by atoms with van der Waals surface area (Å²) in [6.07, 6.45) is 2.95. The predicted molar refractivity (Wildman–Crippen MR) is 63.9 cm³/mol. The maximum absolute atomic E-state index is 9.16. The van der Waals surface area contributed by atoms with Gasteiger partial charge in [-0.2, -0.15) is 0 Å². The molecule has 0 amide bonds. The number of aliphatic hydroxyl groups is 1. The molecular weight excluding hydrogens is 216 g/mol. The molecule has 17 heavy (non-hydrogen) atoms. The van der Waals surface area contributed by atoms with E-state index in [9.17, 15) is 0 Å². The van der Waals surface area contributed by atoms with Gasteiger partial charge in [-0.3, -0.25) is 0 Å². The van der Waals surface area contributed by atoms with Gasteiger partial charge in [0.2, 0.25) is 5.88 Å². The first-order valence-corrected chi connectivity index (χ1v) is 5.35. The van der Waals surface area contributed by atoms with Gasteiger partial charge in [0.15, 0.2) is 0 Å². The zero-order valence-electron chi connectivity index (χ0n) is 9.84. The van der Waals surface area contributed by atoms with Crippen LogP contribution in [0.5, 0.6) is 11.6 Å². The van der Waals surface area contributed by atoms with Gasteiger partial charge >= 0.3 is 0 Å². The summed E-state index contributed by atoms with van der Waals surface area (Å²) in [5, 5.41) is 9.16. The van der Waals surface area contributed by atoms with Crippen LogP contribution in [-0.4, -0.2) is 15.1 Å². The minimum absolute atomic E-state index is 0.138. The van der Waals surface area contributed by atoms with Crippen molar-refractivity contribution >= 4 is 0 Å². The van der Waals surface area contributed by atoms with Crippen molar-refractivity contribution in [3.05, 3.63) is 47.4 Å². The van der Waals surface area contributed by atoms with Gasteiger partial charge in [-0.1, -0.05) is 12.1 Å². The molecule has 1 aromatic heterocycles. The molecule has 2 rings (SSSR count). The third-order valence-corrected chi connectivity index (χ3v) is 2.47. The fraction of sp³-hybridized carbons (Fsp3) is 0.231. The zero-order chi connectivity index (χ0) is 12.3. The van der Waals surface area contributed by atoms with Crippen LogP contribution in [0.25, 0.3) is 0 Å². The Hall–Kier alpha value is -1.94. The van der Waals surface area contributed by atoms with Gasteiger partial charge in [0, 0.05) is 6.20 Å². The summed E-state index contributed by atoms with van der Waals surface area (Å²) in [5.74, 6) is 1.15. The van der Waals surface area contributed by atoms with Crippen molar-refractivity contribution in [2.24, 2.45) is 0 Å². The molecule has 2 aromatic rings. The minimum atomic E-state index is -0.138. The quantitative estimate of drug-likeness (QED) is 0.879. The average Bonchev–Trinajstić information content (AvgIpc) is 2.34. The highest BCUT2D eigenvalue weighted by Crippen LogP contribution is 2.26. The smallest absolute Gasteiger partial charge is 0.227 e. The summed E-state index contributed by atoms with van der Waals surface area (Å²) in [4.78, 5) is 7.87. The molecule has 0 radical (unpaired) electrons. The lowest BCUT2D eigenvalue weighted by atomic mass is 10.1. The topological polar surface area (TPSA) is 55.2 Å².